The number of hydrogen-bond acceptors (Lipinski definition) is 5. The first kappa shape index (κ1) is 11.4. The molecule has 90 valence electrons. The van der Waals surface area contributed by atoms with Crippen LogP contribution in [0.1, 0.15) is 5.69 Å². The third-order valence-corrected chi connectivity index (χ3v) is 2.31. The first-order valence-electron chi connectivity index (χ1n) is 5.36. The Bertz CT molecular complexity index is 482. The van der Waals surface area contributed by atoms with Crippen LogP contribution in [0.15, 0.2) is 24.7 Å². The molecule has 0 spiro atoms. The Hall–Kier alpha value is -2.11. The smallest absolute Gasteiger partial charge is 0.218 e. The number of rotatable bonds is 5. The minimum absolute atomic E-state index is 0.556. The number of aryl methyl sites for hydroxylation is 1. The molecule has 0 unspecified atom stereocenters. The zero-order valence-corrected chi connectivity index (χ0v) is 9.92. The molecule has 0 aromatic carbocycles. The van der Waals surface area contributed by atoms with E-state index in [4.69, 9.17) is 4.74 Å². The molecular weight excluding hydrogens is 218 g/mol. The highest BCUT2D eigenvalue weighted by Crippen LogP contribution is 2.09. The van der Waals surface area contributed by atoms with Gasteiger partial charge in [0.25, 0.3) is 0 Å². The molecule has 1 N–H and O–H groups in total. The molecule has 6 heteroatoms. The van der Waals surface area contributed by atoms with Crippen molar-refractivity contribution in [1.82, 2.24) is 19.7 Å². The van der Waals surface area contributed by atoms with E-state index in [9.17, 15) is 0 Å². The van der Waals surface area contributed by atoms with Gasteiger partial charge >= 0.3 is 0 Å². The van der Waals surface area contributed by atoms with Crippen molar-refractivity contribution in [3.8, 4) is 5.88 Å². The molecular formula is C11H15N5O. The summed E-state index contributed by atoms with van der Waals surface area (Å²) in [5.74, 6) is 1.31. The second-order valence-electron chi connectivity index (χ2n) is 3.60. The van der Waals surface area contributed by atoms with Crippen molar-refractivity contribution in [2.75, 3.05) is 19.0 Å². The average molecular weight is 233 g/mol. The summed E-state index contributed by atoms with van der Waals surface area (Å²) >= 11 is 0. The predicted molar refractivity (Wildman–Crippen MR) is 64.0 cm³/mol. The number of anilines is 1. The molecule has 0 aliphatic heterocycles. The van der Waals surface area contributed by atoms with Crippen LogP contribution in [0.25, 0.3) is 0 Å². The molecule has 17 heavy (non-hydrogen) atoms. The second kappa shape index (κ2) is 5.29. The summed E-state index contributed by atoms with van der Waals surface area (Å²) in [6.07, 6.45) is 4.26. The van der Waals surface area contributed by atoms with Crippen molar-refractivity contribution < 1.29 is 4.74 Å². The fourth-order valence-corrected chi connectivity index (χ4v) is 1.46. The third kappa shape index (κ3) is 3.17. The van der Waals surface area contributed by atoms with Crippen LogP contribution in [-0.4, -0.2) is 33.4 Å². The Kier molecular flexibility index (Phi) is 3.54. The highest BCUT2D eigenvalue weighted by Gasteiger charge is 1.99. The number of aromatic nitrogens is 4. The van der Waals surface area contributed by atoms with E-state index in [0.717, 1.165) is 24.5 Å². The Morgan fingerprint density at radius 3 is 3.00 bits per heavy atom. The van der Waals surface area contributed by atoms with Crippen LogP contribution in [0.3, 0.4) is 0 Å². The zero-order chi connectivity index (χ0) is 12.1. The van der Waals surface area contributed by atoms with Gasteiger partial charge < -0.3 is 10.1 Å². The molecule has 2 heterocycles. The van der Waals surface area contributed by atoms with Gasteiger partial charge in [0.15, 0.2) is 0 Å². The first-order chi connectivity index (χ1) is 8.28. The SMILES string of the molecule is COc1cc(NCCc2ccn(C)n2)ncn1. The standard InChI is InChI=1S/C11H15N5O/c1-16-6-4-9(15-16)3-5-12-10-7-11(17-2)14-8-13-10/h4,6-8H,3,5H2,1-2H3,(H,12,13,14). The first-order valence-corrected chi connectivity index (χ1v) is 5.36. The number of nitrogens with one attached hydrogen (secondary N) is 1. The maximum absolute atomic E-state index is 5.02. The van der Waals surface area contributed by atoms with E-state index in [0.29, 0.717) is 5.88 Å². The number of ether oxygens (including phenoxy) is 1. The lowest BCUT2D eigenvalue weighted by atomic mass is 10.3. The van der Waals surface area contributed by atoms with Crippen molar-refractivity contribution in [3.63, 3.8) is 0 Å². The molecule has 0 saturated carbocycles. The van der Waals surface area contributed by atoms with Gasteiger partial charge in [0.05, 0.1) is 12.8 Å². The summed E-state index contributed by atoms with van der Waals surface area (Å²) in [5, 5.41) is 7.49. The van der Waals surface area contributed by atoms with E-state index in [-0.39, 0.29) is 0 Å². The molecule has 2 aromatic rings. The molecule has 0 atom stereocenters. The lowest BCUT2D eigenvalue weighted by Crippen LogP contribution is -2.07. The predicted octanol–water partition coefficient (Wildman–Crippen LogP) is 0.873. The fraction of sp³-hybridized carbons (Fsp3) is 0.364. The van der Waals surface area contributed by atoms with Crippen molar-refractivity contribution >= 4 is 5.82 Å². The Morgan fingerprint density at radius 2 is 2.29 bits per heavy atom. The molecule has 2 aromatic heterocycles. The Labute approximate surface area is 99.7 Å². The van der Waals surface area contributed by atoms with E-state index in [1.54, 1.807) is 17.9 Å². The molecule has 0 aliphatic rings. The zero-order valence-electron chi connectivity index (χ0n) is 9.92. The lowest BCUT2D eigenvalue weighted by molar-refractivity contribution is 0.397. The number of nitrogens with zero attached hydrogens (tertiary/aromatic N) is 4. The maximum Gasteiger partial charge on any atom is 0.218 e. The lowest BCUT2D eigenvalue weighted by Gasteiger charge is -2.05. The van der Waals surface area contributed by atoms with E-state index in [1.807, 2.05) is 19.3 Å². The largest absolute Gasteiger partial charge is 0.481 e. The molecule has 2 rings (SSSR count). The molecule has 0 radical (unpaired) electrons. The van der Waals surface area contributed by atoms with E-state index < -0.39 is 0 Å². The van der Waals surface area contributed by atoms with Crippen LogP contribution in [0.2, 0.25) is 0 Å². The summed E-state index contributed by atoms with van der Waals surface area (Å²) < 4.78 is 6.81. The minimum atomic E-state index is 0.556. The van der Waals surface area contributed by atoms with Gasteiger partial charge in [0.2, 0.25) is 5.88 Å². The van der Waals surface area contributed by atoms with Crippen LogP contribution >= 0.6 is 0 Å². The number of hydrogen-bond donors (Lipinski definition) is 1. The molecule has 0 aliphatic carbocycles. The van der Waals surface area contributed by atoms with Gasteiger partial charge in [-0.1, -0.05) is 0 Å². The fourth-order valence-electron chi connectivity index (χ4n) is 1.46. The summed E-state index contributed by atoms with van der Waals surface area (Å²) in [4.78, 5) is 8.03. The van der Waals surface area contributed by atoms with Gasteiger partial charge in [0, 0.05) is 32.3 Å². The highest BCUT2D eigenvalue weighted by molar-refractivity contribution is 5.37. The second-order valence-corrected chi connectivity index (χ2v) is 3.60. The summed E-state index contributed by atoms with van der Waals surface area (Å²) in [7, 11) is 3.49. The van der Waals surface area contributed by atoms with E-state index in [2.05, 4.69) is 20.4 Å². The van der Waals surface area contributed by atoms with Crippen molar-refractivity contribution in [1.29, 1.82) is 0 Å². The molecule has 0 saturated heterocycles. The van der Waals surface area contributed by atoms with Crippen molar-refractivity contribution in [3.05, 3.63) is 30.4 Å². The monoisotopic (exact) mass is 233 g/mol. The third-order valence-electron chi connectivity index (χ3n) is 2.31. The van der Waals surface area contributed by atoms with Gasteiger partial charge in [-0.05, 0) is 6.07 Å². The van der Waals surface area contributed by atoms with Gasteiger partial charge in [-0.25, -0.2) is 9.97 Å². The summed E-state index contributed by atoms with van der Waals surface area (Å²) in [6.45, 7) is 0.775. The van der Waals surface area contributed by atoms with Crippen LogP contribution in [0.5, 0.6) is 5.88 Å². The van der Waals surface area contributed by atoms with E-state index >= 15 is 0 Å². The highest BCUT2D eigenvalue weighted by atomic mass is 16.5. The topological polar surface area (TPSA) is 64.9 Å². The Morgan fingerprint density at radius 1 is 1.41 bits per heavy atom. The number of methoxy groups -OCH3 is 1. The van der Waals surface area contributed by atoms with Gasteiger partial charge in [-0.15, -0.1) is 0 Å². The molecule has 6 nitrogen and oxygen atoms in total. The van der Waals surface area contributed by atoms with Crippen molar-refractivity contribution in [2.24, 2.45) is 7.05 Å². The van der Waals surface area contributed by atoms with Crippen molar-refractivity contribution in [2.45, 2.75) is 6.42 Å². The normalized spacial score (nSPS) is 10.2. The van der Waals surface area contributed by atoms with Gasteiger partial charge in [0.1, 0.15) is 12.1 Å². The molecule has 0 fully saturated rings. The van der Waals surface area contributed by atoms with Crippen LogP contribution in [0, 0.1) is 0 Å². The van der Waals surface area contributed by atoms with Gasteiger partial charge in [-0.3, -0.25) is 4.68 Å². The average Bonchev–Trinajstić information content (AvgIpc) is 2.75. The summed E-state index contributed by atoms with van der Waals surface area (Å²) in [5.41, 5.74) is 1.06. The van der Waals surface area contributed by atoms with Gasteiger partial charge in [-0.2, -0.15) is 5.10 Å². The van der Waals surface area contributed by atoms with E-state index in [1.165, 1.54) is 6.33 Å². The maximum atomic E-state index is 5.02. The molecule has 0 bridgehead atoms. The minimum Gasteiger partial charge on any atom is -0.481 e. The van der Waals surface area contributed by atoms with Crippen LogP contribution < -0.4 is 10.1 Å². The van der Waals surface area contributed by atoms with Crippen LogP contribution in [0.4, 0.5) is 5.82 Å². The quantitative estimate of drug-likeness (QED) is 0.830. The van der Waals surface area contributed by atoms with Crippen LogP contribution in [-0.2, 0) is 13.5 Å². The Balaban J connectivity index is 1.85. The summed E-state index contributed by atoms with van der Waals surface area (Å²) in [6, 6.07) is 3.76. The molecule has 0 amide bonds.